The van der Waals surface area contributed by atoms with Crippen LogP contribution in [0, 0.1) is 23.2 Å². The number of aliphatic carboxylic acids is 1. The second-order valence-corrected chi connectivity index (χ2v) is 9.21. The summed E-state index contributed by atoms with van der Waals surface area (Å²) in [6.45, 7) is 0. The van der Waals surface area contributed by atoms with E-state index in [9.17, 15) is 20.1 Å². The van der Waals surface area contributed by atoms with Crippen LogP contribution in [0.15, 0.2) is 60.7 Å². The van der Waals surface area contributed by atoms with Gasteiger partial charge in [-0.2, -0.15) is 0 Å². The topological polar surface area (TPSA) is 77.8 Å². The molecule has 4 fully saturated rings. The van der Waals surface area contributed by atoms with Crippen LogP contribution in [0.3, 0.4) is 0 Å². The van der Waals surface area contributed by atoms with Crippen molar-refractivity contribution in [2.24, 2.45) is 23.2 Å². The van der Waals surface area contributed by atoms with E-state index in [-0.39, 0.29) is 17.4 Å². The van der Waals surface area contributed by atoms with Gasteiger partial charge in [-0.25, -0.2) is 4.79 Å². The van der Waals surface area contributed by atoms with Crippen molar-refractivity contribution in [2.75, 3.05) is 0 Å². The molecule has 29 heavy (non-hydrogen) atoms. The summed E-state index contributed by atoms with van der Waals surface area (Å²) in [5, 5.41) is 31.4. The van der Waals surface area contributed by atoms with Crippen molar-refractivity contribution in [2.45, 2.75) is 37.5 Å². The van der Waals surface area contributed by atoms with Crippen LogP contribution >= 0.6 is 0 Å². The fraction of sp³-hybridized carbons (Fsp3) is 0.400. The van der Waals surface area contributed by atoms with E-state index in [1.165, 1.54) is 12.5 Å². The highest BCUT2D eigenvalue weighted by atomic mass is 16.4. The number of phenols is 2. The molecule has 0 amide bonds. The van der Waals surface area contributed by atoms with Crippen LogP contribution in [0.1, 0.15) is 43.2 Å². The van der Waals surface area contributed by atoms with Crippen LogP contribution < -0.4 is 0 Å². The number of carboxylic acids is 1. The highest BCUT2D eigenvalue weighted by Crippen LogP contribution is 2.73. The van der Waals surface area contributed by atoms with E-state index < -0.39 is 16.8 Å². The molecule has 0 spiro atoms. The van der Waals surface area contributed by atoms with Gasteiger partial charge in [-0.1, -0.05) is 42.5 Å². The molecule has 4 heteroatoms. The average molecular weight is 390 g/mol. The molecule has 6 rings (SSSR count). The van der Waals surface area contributed by atoms with Crippen molar-refractivity contribution < 1.29 is 20.1 Å². The Kier molecular flexibility index (Phi) is 4.02. The Morgan fingerprint density at radius 1 is 0.862 bits per heavy atom. The number of rotatable bonds is 4. The second kappa shape index (κ2) is 6.38. The Labute approximate surface area is 170 Å². The Morgan fingerprint density at radius 3 is 1.86 bits per heavy atom. The van der Waals surface area contributed by atoms with Gasteiger partial charge in [-0.15, -0.1) is 0 Å². The summed E-state index contributed by atoms with van der Waals surface area (Å²) in [6, 6.07) is 14.8. The van der Waals surface area contributed by atoms with E-state index in [2.05, 4.69) is 0 Å². The first-order chi connectivity index (χ1) is 14.0. The lowest BCUT2D eigenvalue weighted by atomic mass is 9.36. The number of phenolic OH excluding ortho intramolecular Hbond substituents is 2. The highest BCUT2D eigenvalue weighted by Gasteiger charge is 2.66. The van der Waals surface area contributed by atoms with Crippen LogP contribution in [-0.2, 0) is 10.2 Å². The lowest BCUT2D eigenvalue weighted by molar-refractivity contribution is -0.131. The smallest absolute Gasteiger partial charge is 0.327 e. The molecule has 3 N–H and O–H groups in total. The molecule has 4 bridgehead atoms. The second-order valence-electron chi connectivity index (χ2n) is 9.21. The van der Waals surface area contributed by atoms with Crippen molar-refractivity contribution in [3.63, 3.8) is 0 Å². The molecule has 2 aromatic carbocycles. The van der Waals surface area contributed by atoms with E-state index in [0.29, 0.717) is 11.8 Å². The maximum Gasteiger partial charge on any atom is 0.327 e. The zero-order chi connectivity index (χ0) is 20.2. The van der Waals surface area contributed by atoms with E-state index in [0.717, 1.165) is 36.8 Å². The SMILES string of the molecule is O=C(O)C=CC12CC3CC(CC(C3)C1(c1ccccc1O)c1ccccc1O)C2. The van der Waals surface area contributed by atoms with Crippen LogP contribution in [-0.4, -0.2) is 21.3 Å². The quantitative estimate of drug-likeness (QED) is 0.652. The summed E-state index contributed by atoms with van der Waals surface area (Å²) >= 11 is 0. The maximum absolute atomic E-state index is 11.5. The number of hydrogen-bond acceptors (Lipinski definition) is 3. The standard InChI is InChI=1S/C25H26O4/c26-21-7-3-1-5-19(21)25(20-6-2-4-8-22(20)27)18-12-16-11-17(13-18)15-24(25,14-16)10-9-23(28)29/h1-10,16-18,26-27H,11-15H2,(H,28,29). The summed E-state index contributed by atoms with van der Waals surface area (Å²) < 4.78 is 0. The molecule has 0 aromatic heterocycles. The minimum atomic E-state index is -0.954. The minimum Gasteiger partial charge on any atom is -0.508 e. The van der Waals surface area contributed by atoms with Gasteiger partial charge < -0.3 is 15.3 Å². The molecule has 0 radical (unpaired) electrons. The average Bonchev–Trinajstić information content (AvgIpc) is 2.68. The number of carbonyl (C=O) groups is 1. The third-order valence-corrected chi connectivity index (χ3v) is 7.81. The lowest BCUT2D eigenvalue weighted by Gasteiger charge is -2.67. The monoisotopic (exact) mass is 390 g/mol. The van der Waals surface area contributed by atoms with Gasteiger partial charge in [0.25, 0.3) is 0 Å². The largest absolute Gasteiger partial charge is 0.508 e. The molecule has 2 aromatic rings. The highest BCUT2D eigenvalue weighted by molar-refractivity contribution is 5.80. The molecule has 4 saturated carbocycles. The van der Waals surface area contributed by atoms with Gasteiger partial charge in [0.15, 0.2) is 0 Å². The molecule has 4 aliphatic rings. The first-order valence-corrected chi connectivity index (χ1v) is 10.5. The minimum absolute atomic E-state index is 0.214. The van der Waals surface area contributed by atoms with Crippen molar-refractivity contribution >= 4 is 5.97 Å². The fourth-order valence-electron chi connectivity index (χ4n) is 7.33. The summed E-state index contributed by atoms with van der Waals surface area (Å²) in [7, 11) is 0. The number of allylic oxidation sites excluding steroid dienone is 1. The maximum atomic E-state index is 11.5. The Bertz CT molecular complexity index is 932. The molecule has 2 atom stereocenters. The molecule has 4 nitrogen and oxygen atoms in total. The number of benzene rings is 2. The molecule has 0 saturated heterocycles. The van der Waals surface area contributed by atoms with Gasteiger partial charge >= 0.3 is 5.97 Å². The number of hydrogen-bond donors (Lipinski definition) is 3. The first-order valence-electron chi connectivity index (χ1n) is 10.5. The van der Waals surface area contributed by atoms with Crippen molar-refractivity contribution in [3.05, 3.63) is 71.8 Å². The zero-order valence-electron chi connectivity index (χ0n) is 16.3. The first kappa shape index (κ1) is 18.3. The molecule has 0 aliphatic heterocycles. The van der Waals surface area contributed by atoms with E-state index in [4.69, 9.17) is 0 Å². The summed E-state index contributed by atoms with van der Waals surface area (Å²) in [4.78, 5) is 11.5. The van der Waals surface area contributed by atoms with Crippen LogP contribution in [0.25, 0.3) is 0 Å². The van der Waals surface area contributed by atoms with E-state index in [1.54, 1.807) is 12.1 Å². The van der Waals surface area contributed by atoms with E-state index >= 15 is 0 Å². The molecular weight excluding hydrogens is 364 g/mol. The van der Waals surface area contributed by atoms with Gasteiger partial charge in [-0.3, -0.25) is 0 Å². The van der Waals surface area contributed by atoms with E-state index in [1.807, 2.05) is 42.5 Å². The molecule has 4 aliphatic carbocycles. The van der Waals surface area contributed by atoms with Crippen LogP contribution in [0.4, 0.5) is 0 Å². The zero-order valence-corrected chi connectivity index (χ0v) is 16.3. The number of para-hydroxylation sites is 2. The van der Waals surface area contributed by atoms with Gasteiger partial charge in [0.1, 0.15) is 11.5 Å². The fourth-order valence-corrected chi connectivity index (χ4v) is 7.33. The predicted octanol–water partition coefficient (Wildman–Crippen LogP) is 4.85. The molecule has 0 heterocycles. The van der Waals surface area contributed by atoms with Gasteiger partial charge in [0.05, 0.1) is 0 Å². The third kappa shape index (κ3) is 2.48. The van der Waals surface area contributed by atoms with Crippen LogP contribution in [0.5, 0.6) is 11.5 Å². The number of carboxylic acid groups (broad SMARTS) is 1. The van der Waals surface area contributed by atoms with Gasteiger partial charge in [0.2, 0.25) is 0 Å². The van der Waals surface area contributed by atoms with Crippen molar-refractivity contribution in [1.29, 1.82) is 0 Å². The van der Waals surface area contributed by atoms with Crippen LogP contribution in [0.2, 0.25) is 0 Å². The Balaban J connectivity index is 1.86. The molecule has 2 unspecified atom stereocenters. The Hall–Kier alpha value is -2.75. The van der Waals surface area contributed by atoms with Crippen molar-refractivity contribution in [1.82, 2.24) is 0 Å². The molecule has 150 valence electrons. The summed E-state index contributed by atoms with van der Waals surface area (Å²) in [5.74, 6) is 0.849. The predicted molar refractivity (Wildman–Crippen MR) is 110 cm³/mol. The lowest BCUT2D eigenvalue weighted by Crippen LogP contribution is -2.62. The summed E-state index contributed by atoms with van der Waals surface area (Å²) in [6.07, 6.45) is 8.22. The number of aromatic hydroxyl groups is 2. The third-order valence-electron chi connectivity index (χ3n) is 7.81. The normalized spacial score (nSPS) is 31.9. The van der Waals surface area contributed by atoms with Gasteiger partial charge in [-0.05, 0) is 62.0 Å². The Morgan fingerprint density at radius 2 is 1.38 bits per heavy atom. The molecular formula is C25H26O4. The van der Waals surface area contributed by atoms with Crippen molar-refractivity contribution in [3.8, 4) is 11.5 Å². The summed E-state index contributed by atoms with van der Waals surface area (Å²) in [5.41, 5.74) is 0.515. The van der Waals surface area contributed by atoms with Gasteiger partial charge in [0, 0.05) is 28.0 Å².